The number of hydrogen-bond donors (Lipinski definition) is 2. The summed E-state index contributed by atoms with van der Waals surface area (Å²) in [6.45, 7) is 3.68. The van der Waals surface area contributed by atoms with E-state index >= 15 is 0 Å². The van der Waals surface area contributed by atoms with Gasteiger partial charge >= 0.3 is 6.03 Å². The molecule has 2 aromatic rings. The van der Waals surface area contributed by atoms with E-state index in [0.717, 1.165) is 37.3 Å². The van der Waals surface area contributed by atoms with Crippen LogP contribution in [0.5, 0.6) is 0 Å². The van der Waals surface area contributed by atoms with E-state index in [1.54, 1.807) is 18.2 Å². The van der Waals surface area contributed by atoms with Crippen molar-refractivity contribution < 1.29 is 9.18 Å². The molecule has 2 unspecified atom stereocenters. The third kappa shape index (κ3) is 3.24. The Morgan fingerprint density at radius 1 is 1.04 bits per heavy atom. The summed E-state index contributed by atoms with van der Waals surface area (Å²) in [5, 5.41) is 2.95. The van der Waals surface area contributed by atoms with Gasteiger partial charge in [-0.15, -0.1) is 0 Å². The number of anilines is 2. The molecule has 3 N–H and O–H groups in total. The van der Waals surface area contributed by atoms with Gasteiger partial charge in [0.1, 0.15) is 5.82 Å². The van der Waals surface area contributed by atoms with E-state index in [0.29, 0.717) is 23.2 Å². The zero-order valence-electron chi connectivity index (χ0n) is 14.8. The van der Waals surface area contributed by atoms with Gasteiger partial charge in [-0.3, -0.25) is 0 Å². The molecule has 2 aliphatic rings. The molecule has 5 nitrogen and oxygen atoms in total. The molecule has 2 heterocycles. The number of halogens is 1. The number of nitrogens with one attached hydrogen (secondary N) is 1. The number of hydrogen-bond acceptors (Lipinski definition) is 3. The molecule has 6 heteroatoms. The lowest BCUT2D eigenvalue weighted by Gasteiger charge is -2.20. The van der Waals surface area contributed by atoms with E-state index in [4.69, 9.17) is 5.73 Å². The van der Waals surface area contributed by atoms with Crippen LogP contribution in [0.25, 0.3) is 11.1 Å². The Balaban J connectivity index is 1.48. The number of carbonyl (C=O) groups is 1. The highest BCUT2D eigenvalue weighted by atomic mass is 19.1. The monoisotopic (exact) mass is 354 g/mol. The maximum absolute atomic E-state index is 13.1. The average Bonchev–Trinajstić information content (AvgIpc) is 3.15. The lowest BCUT2D eigenvalue weighted by Crippen LogP contribution is -2.35. The zero-order chi connectivity index (χ0) is 18.3. The van der Waals surface area contributed by atoms with E-state index < -0.39 is 0 Å². The molecule has 0 spiro atoms. The van der Waals surface area contributed by atoms with Gasteiger partial charge in [-0.25, -0.2) is 9.18 Å². The van der Waals surface area contributed by atoms with Crippen molar-refractivity contribution in [2.75, 3.05) is 44.3 Å². The Labute approximate surface area is 152 Å². The van der Waals surface area contributed by atoms with Crippen LogP contribution >= 0.6 is 0 Å². The summed E-state index contributed by atoms with van der Waals surface area (Å²) >= 11 is 0. The molecule has 0 aliphatic carbocycles. The Kier molecular flexibility index (Phi) is 4.28. The second-order valence-electron chi connectivity index (χ2n) is 7.39. The highest BCUT2D eigenvalue weighted by molar-refractivity contribution is 5.94. The maximum Gasteiger partial charge on any atom is 0.321 e. The second-order valence-corrected chi connectivity index (χ2v) is 7.39. The number of nitrogens with zero attached hydrogens (tertiary/aromatic N) is 2. The maximum atomic E-state index is 13.1. The molecule has 0 bridgehead atoms. The minimum Gasteiger partial charge on any atom is -0.397 e. The largest absolute Gasteiger partial charge is 0.397 e. The lowest BCUT2D eigenvalue weighted by molar-refractivity contribution is 0.215. The first-order valence-electron chi connectivity index (χ1n) is 8.89. The van der Waals surface area contributed by atoms with Crippen LogP contribution in [0.4, 0.5) is 20.6 Å². The smallest absolute Gasteiger partial charge is 0.321 e. The van der Waals surface area contributed by atoms with Crippen molar-refractivity contribution in [1.29, 1.82) is 0 Å². The average molecular weight is 354 g/mol. The predicted molar refractivity (Wildman–Crippen MR) is 101 cm³/mol. The number of nitrogen functional groups attached to an aromatic ring is 1. The number of urea groups is 1. The van der Waals surface area contributed by atoms with E-state index in [-0.39, 0.29) is 11.8 Å². The van der Waals surface area contributed by atoms with Crippen LogP contribution in [0.2, 0.25) is 0 Å². The van der Waals surface area contributed by atoms with Crippen molar-refractivity contribution in [3.8, 4) is 11.1 Å². The van der Waals surface area contributed by atoms with Crippen molar-refractivity contribution in [1.82, 2.24) is 9.80 Å². The van der Waals surface area contributed by atoms with Gasteiger partial charge in [-0.2, -0.15) is 0 Å². The normalized spacial score (nSPS) is 22.5. The van der Waals surface area contributed by atoms with Crippen LogP contribution in [-0.4, -0.2) is 49.1 Å². The second kappa shape index (κ2) is 6.61. The first-order valence-corrected chi connectivity index (χ1v) is 8.89. The molecule has 0 radical (unpaired) electrons. The zero-order valence-corrected chi connectivity index (χ0v) is 14.8. The molecule has 4 rings (SSSR count). The van der Waals surface area contributed by atoms with Crippen LogP contribution in [-0.2, 0) is 0 Å². The number of fused-ring (bicyclic) bond motifs is 1. The van der Waals surface area contributed by atoms with Crippen LogP contribution in [0.15, 0.2) is 42.5 Å². The number of amides is 2. The number of rotatable bonds is 2. The Bertz CT molecular complexity index is 809. The first-order chi connectivity index (χ1) is 12.5. The van der Waals surface area contributed by atoms with Gasteiger partial charge in [-0.1, -0.05) is 18.2 Å². The van der Waals surface area contributed by atoms with Crippen LogP contribution < -0.4 is 11.1 Å². The summed E-state index contributed by atoms with van der Waals surface area (Å²) in [6, 6.07) is 11.6. The van der Waals surface area contributed by atoms with Gasteiger partial charge in [-0.05, 0) is 54.3 Å². The van der Waals surface area contributed by atoms with Gasteiger partial charge < -0.3 is 20.9 Å². The highest BCUT2D eigenvalue weighted by Crippen LogP contribution is 2.32. The van der Waals surface area contributed by atoms with Crippen molar-refractivity contribution in [2.45, 2.75) is 0 Å². The summed E-state index contributed by atoms with van der Waals surface area (Å²) in [6.07, 6.45) is 0. The molecule has 2 aromatic carbocycles. The topological polar surface area (TPSA) is 61.6 Å². The van der Waals surface area contributed by atoms with Crippen molar-refractivity contribution in [2.24, 2.45) is 11.8 Å². The van der Waals surface area contributed by atoms with E-state index in [1.165, 1.54) is 12.1 Å². The van der Waals surface area contributed by atoms with Crippen molar-refractivity contribution in [3.05, 3.63) is 48.3 Å². The molecule has 2 fully saturated rings. The van der Waals surface area contributed by atoms with E-state index in [2.05, 4.69) is 17.3 Å². The fraction of sp³-hybridized carbons (Fsp3) is 0.350. The SMILES string of the molecule is CN1CC2CN(C(=O)Nc3cc(-c4ccc(F)cc4)ccc3N)CC2C1. The summed E-state index contributed by atoms with van der Waals surface area (Å²) in [7, 11) is 2.13. The number of likely N-dealkylation sites (tertiary alicyclic amines) is 2. The third-order valence-corrected chi connectivity index (χ3v) is 5.43. The summed E-state index contributed by atoms with van der Waals surface area (Å²) in [5.74, 6) is 0.852. The molecule has 2 aliphatic heterocycles. The third-order valence-electron chi connectivity index (χ3n) is 5.43. The van der Waals surface area contributed by atoms with Crippen LogP contribution in [0, 0.1) is 17.7 Å². The molecule has 26 heavy (non-hydrogen) atoms. The number of nitrogens with two attached hydrogens (primary N) is 1. The van der Waals surface area contributed by atoms with Crippen LogP contribution in [0.1, 0.15) is 0 Å². The Morgan fingerprint density at radius 3 is 2.31 bits per heavy atom. The van der Waals surface area contributed by atoms with Gasteiger partial charge in [0, 0.05) is 26.2 Å². The molecule has 2 saturated heterocycles. The molecule has 136 valence electrons. The van der Waals surface area contributed by atoms with E-state index in [9.17, 15) is 9.18 Å². The summed E-state index contributed by atoms with van der Waals surface area (Å²) < 4.78 is 13.1. The predicted octanol–water partition coefficient (Wildman–Crippen LogP) is 3.10. The molecule has 0 aromatic heterocycles. The van der Waals surface area contributed by atoms with Gasteiger partial charge in [0.2, 0.25) is 0 Å². The number of carbonyl (C=O) groups excluding carboxylic acids is 1. The Hall–Kier alpha value is -2.60. The molecule has 2 atom stereocenters. The minimum absolute atomic E-state index is 0.106. The van der Waals surface area contributed by atoms with Crippen molar-refractivity contribution >= 4 is 17.4 Å². The summed E-state index contributed by atoms with van der Waals surface area (Å²) in [4.78, 5) is 16.9. The number of benzene rings is 2. The summed E-state index contributed by atoms with van der Waals surface area (Å²) in [5.41, 5.74) is 8.91. The molecule has 2 amide bonds. The van der Waals surface area contributed by atoms with Gasteiger partial charge in [0.15, 0.2) is 0 Å². The molecular formula is C20H23FN4O. The van der Waals surface area contributed by atoms with Crippen LogP contribution in [0.3, 0.4) is 0 Å². The first kappa shape index (κ1) is 16.8. The Morgan fingerprint density at radius 2 is 1.65 bits per heavy atom. The van der Waals surface area contributed by atoms with Gasteiger partial charge in [0.05, 0.1) is 11.4 Å². The fourth-order valence-electron chi connectivity index (χ4n) is 4.07. The fourth-order valence-corrected chi connectivity index (χ4v) is 4.07. The standard InChI is InChI=1S/C20H23FN4O/c1-24-9-15-11-25(12-16(15)10-24)20(26)23-19-8-14(4-7-18(19)22)13-2-5-17(21)6-3-13/h2-8,15-16H,9-12,22H2,1H3,(H,23,26). The lowest BCUT2D eigenvalue weighted by atomic mass is 10.0. The van der Waals surface area contributed by atoms with Gasteiger partial charge in [0.25, 0.3) is 0 Å². The highest BCUT2D eigenvalue weighted by Gasteiger charge is 2.40. The molecule has 0 saturated carbocycles. The van der Waals surface area contributed by atoms with E-state index in [1.807, 2.05) is 17.0 Å². The quantitative estimate of drug-likeness (QED) is 0.815. The molecular weight excluding hydrogens is 331 g/mol. The van der Waals surface area contributed by atoms with Crippen molar-refractivity contribution in [3.63, 3.8) is 0 Å². The minimum atomic E-state index is -0.275.